The molecule has 2 rings (SSSR count). The molecular weight excluding hydrogens is 297 g/mol. The Balaban J connectivity index is 1.84. The van der Waals surface area contributed by atoms with Crippen molar-refractivity contribution in [3.8, 4) is 0 Å². The Bertz CT molecular complexity index is 728. The number of hydrogen-bond donors (Lipinski definition) is 1. The average molecular weight is 315 g/mol. The van der Waals surface area contributed by atoms with Crippen LogP contribution >= 0.6 is 0 Å². The SMILES string of the molecule is Cc1cccc(NC(=O)COC(=O)Cc2cccc(F)c2)c1C. The zero-order valence-electron chi connectivity index (χ0n) is 13.1. The largest absolute Gasteiger partial charge is 0.455 e. The molecule has 0 aliphatic rings. The molecule has 120 valence electrons. The van der Waals surface area contributed by atoms with Crippen LogP contribution in [-0.4, -0.2) is 18.5 Å². The lowest BCUT2D eigenvalue weighted by Crippen LogP contribution is -2.22. The van der Waals surface area contributed by atoms with Crippen LogP contribution in [0.5, 0.6) is 0 Å². The van der Waals surface area contributed by atoms with E-state index in [9.17, 15) is 14.0 Å². The molecule has 0 aliphatic heterocycles. The van der Waals surface area contributed by atoms with E-state index in [4.69, 9.17) is 4.74 Å². The minimum atomic E-state index is -0.577. The molecule has 23 heavy (non-hydrogen) atoms. The molecule has 5 heteroatoms. The molecule has 0 fully saturated rings. The number of hydrogen-bond acceptors (Lipinski definition) is 3. The fourth-order valence-electron chi connectivity index (χ4n) is 2.08. The maximum absolute atomic E-state index is 13.0. The van der Waals surface area contributed by atoms with Crippen LogP contribution in [0.15, 0.2) is 42.5 Å². The van der Waals surface area contributed by atoms with E-state index in [1.165, 1.54) is 18.2 Å². The van der Waals surface area contributed by atoms with Gasteiger partial charge in [0.25, 0.3) is 5.91 Å². The minimum absolute atomic E-state index is 0.0749. The Kier molecular flexibility index (Phi) is 5.46. The first-order valence-electron chi connectivity index (χ1n) is 7.22. The molecule has 0 aromatic heterocycles. The highest BCUT2D eigenvalue weighted by Crippen LogP contribution is 2.17. The molecule has 0 bridgehead atoms. The summed E-state index contributed by atoms with van der Waals surface area (Å²) in [6, 6.07) is 11.3. The highest BCUT2D eigenvalue weighted by atomic mass is 19.1. The predicted molar refractivity (Wildman–Crippen MR) is 85.6 cm³/mol. The van der Waals surface area contributed by atoms with Gasteiger partial charge >= 0.3 is 5.97 Å². The third-order valence-electron chi connectivity index (χ3n) is 3.48. The minimum Gasteiger partial charge on any atom is -0.455 e. The van der Waals surface area contributed by atoms with Crippen molar-refractivity contribution in [1.82, 2.24) is 0 Å². The molecule has 0 radical (unpaired) electrons. The quantitative estimate of drug-likeness (QED) is 0.862. The Labute approximate surface area is 134 Å². The fourth-order valence-corrected chi connectivity index (χ4v) is 2.08. The normalized spacial score (nSPS) is 10.2. The van der Waals surface area contributed by atoms with Crippen molar-refractivity contribution in [1.29, 1.82) is 0 Å². The van der Waals surface area contributed by atoms with Gasteiger partial charge in [-0.2, -0.15) is 0 Å². The van der Waals surface area contributed by atoms with Crippen molar-refractivity contribution in [2.45, 2.75) is 20.3 Å². The van der Waals surface area contributed by atoms with Crippen molar-refractivity contribution in [2.24, 2.45) is 0 Å². The van der Waals surface area contributed by atoms with E-state index in [1.807, 2.05) is 26.0 Å². The summed E-state index contributed by atoms with van der Waals surface area (Å²) in [4.78, 5) is 23.5. The van der Waals surface area contributed by atoms with Crippen LogP contribution in [0.2, 0.25) is 0 Å². The summed E-state index contributed by atoms with van der Waals surface area (Å²) in [5, 5.41) is 2.70. The smallest absolute Gasteiger partial charge is 0.310 e. The van der Waals surface area contributed by atoms with E-state index >= 15 is 0 Å². The molecule has 0 saturated heterocycles. The highest BCUT2D eigenvalue weighted by molar-refractivity contribution is 5.93. The molecule has 2 aromatic carbocycles. The summed E-state index contributed by atoms with van der Waals surface area (Å²) in [5.74, 6) is -1.40. The second-order valence-electron chi connectivity index (χ2n) is 5.26. The zero-order chi connectivity index (χ0) is 16.8. The molecule has 1 N–H and O–H groups in total. The van der Waals surface area contributed by atoms with Gasteiger partial charge in [-0.1, -0.05) is 24.3 Å². The van der Waals surface area contributed by atoms with Crippen molar-refractivity contribution in [3.63, 3.8) is 0 Å². The predicted octanol–water partition coefficient (Wildman–Crippen LogP) is 3.17. The second-order valence-corrected chi connectivity index (χ2v) is 5.26. The number of carbonyl (C=O) groups excluding carboxylic acids is 2. The van der Waals surface area contributed by atoms with Gasteiger partial charge in [-0.25, -0.2) is 4.39 Å². The third-order valence-corrected chi connectivity index (χ3v) is 3.48. The number of ether oxygens (including phenoxy) is 1. The topological polar surface area (TPSA) is 55.4 Å². The van der Waals surface area contributed by atoms with Crippen molar-refractivity contribution in [3.05, 3.63) is 65.0 Å². The van der Waals surface area contributed by atoms with Crippen LogP contribution in [0.4, 0.5) is 10.1 Å². The van der Waals surface area contributed by atoms with Gasteiger partial charge in [-0.05, 0) is 48.7 Å². The second kappa shape index (κ2) is 7.54. The summed E-state index contributed by atoms with van der Waals surface area (Å²) in [6.07, 6.45) is -0.0749. The number of benzene rings is 2. The number of halogens is 1. The monoisotopic (exact) mass is 315 g/mol. The molecule has 0 unspecified atom stereocenters. The Morgan fingerprint density at radius 3 is 2.61 bits per heavy atom. The van der Waals surface area contributed by atoms with Gasteiger partial charge < -0.3 is 10.1 Å². The van der Waals surface area contributed by atoms with Gasteiger partial charge in [0.05, 0.1) is 6.42 Å². The molecule has 0 aliphatic carbocycles. The van der Waals surface area contributed by atoms with Gasteiger partial charge in [0.1, 0.15) is 5.82 Å². The van der Waals surface area contributed by atoms with Crippen LogP contribution in [-0.2, 0) is 20.7 Å². The average Bonchev–Trinajstić information content (AvgIpc) is 2.50. The van der Waals surface area contributed by atoms with Crippen LogP contribution in [0, 0.1) is 19.7 Å². The molecule has 1 amide bonds. The number of rotatable bonds is 5. The summed E-state index contributed by atoms with van der Waals surface area (Å²) < 4.78 is 17.9. The van der Waals surface area contributed by atoms with E-state index < -0.39 is 17.7 Å². The van der Waals surface area contributed by atoms with Crippen molar-refractivity contribution >= 4 is 17.6 Å². The van der Waals surface area contributed by atoms with Crippen LogP contribution in [0.25, 0.3) is 0 Å². The zero-order valence-corrected chi connectivity index (χ0v) is 13.1. The first-order valence-corrected chi connectivity index (χ1v) is 7.22. The number of carbonyl (C=O) groups is 2. The summed E-state index contributed by atoms with van der Waals surface area (Å²) in [5.41, 5.74) is 3.22. The number of nitrogens with one attached hydrogen (secondary N) is 1. The van der Waals surface area contributed by atoms with E-state index in [1.54, 1.807) is 12.1 Å². The number of amides is 1. The Morgan fingerprint density at radius 2 is 1.87 bits per heavy atom. The van der Waals surface area contributed by atoms with E-state index in [0.717, 1.165) is 11.1 Å². The summed E-state index contributed by atoms with van der Waals surface area (Å²) >= 11 is 0. The molecule has 0 atom stereocenters. The third kappa shape index (κ3) is 4.92. The molecule has 0 saturated carbocycles. The maximum Gasteiger partial charge on any atom is 0.310 e. The number of anilines is 1. The lowest BCUT2D eigenvalue weighted by Gasteiger charge is -2.10. The van der Waals surface area contributed by atoms with Crippen molar-refractivity contribution in [2.75, 3.05) is 11.9 Å². The van der Waals surface area contributed by atoms with E-state index in [2.05, 4.69) is 5.32 Å². The lowest BCUT2D eigenvalue weighted by molar-refractivity contribution is -0.146. The number of esters is 1. The molecule has 4 nitrogen and oxygen atoms in total. The van der Waals surface area contributed by atoms with Crippen molar-refractivity contribution < 1.29 is 18.7 Å². The maximum atomic E-state index is 13.0. The standard InChI is InChI=1S/C18H18FNO3/c1-12-5-3-8-16(13(12)2)20-17(21)11-23-18(22)10-14-6-4-7-15(19)9-14/h3-9H,10-11H2,1-2H3,(H,20,21). The lowest BCUT2D eigenvalue weighted by atomic mass is 10.1. The first kappa shape index (κ1) is 16.7. The fraction of sp³-hybridized carbons (Fsp3) is 0.222. The van der Waals surface area contributed by atoms with Crippen LogP contribution < -0.4 is 5.32 Å². The first-order chi connectivity index (χ1) is 11.0. The summed E-state index contributed by atoms with van der Waals surface area (Å²) in [6.45, 7) is 3.48. The van der Waals surface area contributed by atoms with Crippen LogP contribution in [0.1, 0.15) is 16.7 Å². The van der Waals surface area contributed by atoms with Gasteiger partial charge in [-0.15, -0.1) is 0 Å². The van der Waals surface area contributed by atoms with Gasteiger partial charge in [-0.3, -0.25) is 9.59 Å². The number of aryl methyl sites for hydroxylation is 1. The molecule has 0 spiro atoms. The Hall–Kier alpha value is -2.69. The van der Waals surface area contributed by atoms with E-state index in [0.29, 0.717) is 11.3 Å². The molecule has 0 heterocycles. The van der Waals surface area contributed by atoms with Gasteiger partial charge in [0.15, 0.2) is 6.61 Å². The van der Waals surface area contributed by atoms with E-state index in [-0.39, 0.29) is 13.0 Å². The molecule has 2 aromatic rings. The Morgan fingerprint density at radius 1 is 1.13 bits per heavy atom. The highest BCUT2D eigenvalue weighted by Gasteiger charge is 2.10. The van der Waals surface area contributed by atoms with Crippen LogP contribution in [0.3, 0.4) is 0 Å². The van der Waals surface area contributed by atoms with Gasteiger partial charge in [0, 0.05) is 5.69 Å². The molecular formula is C18H18FNO3. The van der Waals surface area contributed by atoms with Gasteiger partial charge in [0.2, 0.25) is 0 Å². The summed E-state index contributed by atoms with van der Waals surface area (Å²) in [7, 11) is 0.